The van der Waals surface area contributed by atoms with Crippen LogP contribution in [-0.2, 0) is 6.54 Å². The molecule has 2 unspecified atom stereocenters. The molecule has 0 amide bonds. The fourth-order valence-corrected chi connectivity index (χ4v) is 3.10. The molecule has 0 aliphatic carbocycles. The highest BCUT2D eigenvalue weighted by Crippen LogP contribution is 2.24. The molecule has 1 N–H and O–H groups in total. The normalized spacial score (nSPS) is 22.5. The van der Waals surface area contributed by atoms with Crippen molar-refractivity contribution in [2.75, 3.05) is 6.54 Å². The van der Waals surface area contributed by atoms with Crippen LogP contribution in [0.3, 0.4) is 0 Å². The molecule has 4 heteroatoms. The van der Waals surface area contributed by atoms with E-state index in [1.54, 1.807) is 6.07 Å². The second-order valence-corrected chi connectivity index (χ2v) is 6.21. The zero-order valence-electron chi connectivity index (χ0n) is 12.0. The monoisotopic (exact) mass is 299 g/mol. The molecule has 0 radical (unpaired) electrons. The first-order chi connectivity index (χ1) is 9.56. The van der Waals surface area contributed by atoms with E-state index in [1.165, 1.54) is 25.3 Å². The van der Waals surface area contributed by atoms with Crippen LogP contribution in [0.2, 0.25) is 5.02 Å². The Morgan fingerprint density at radius 1 is 1.40 bits per heavy atom. The molecule has 0 aromatic heterocycles. The summed E-state index contributed by atoms with van der Waals surface area (Å²) < 4.78 is 13.5. The maximum atomic E-state index is 13.5. The Kier molecular flexibility index (Phi) is 5.82. The van der Waals surface area contributed by atoms with Gasteiger partial charge in [0.05, 0.1) is 11.1 Å². The summed E-state index contributed by atoms with van der Waals surface area (Å²) in [7, 11) is 0. The molecule has 2 atom stereocenters. The van der Waals surface area contributed by atoms with Gasteiger partial charge in [-0.1, -0.05) is 30.5 Å². The number of nitrogens with zero attached hydrogens (tertiary/aromatic N) is 1. The molecule has 1 heterocycles. The van der Waals surface area contributed by atoms with Crippen molar-refractivity contribution in [1.29, 1.82) is 0 Å². The van der Waals surface area contributed by atoms with Crippen LogP contribution >= 0.6 is 11.6 Å². The summed E-state index contributed by atoms with van der Waals surface area (Å²) >= 11 is 5.73. The summed E-state index contributed by atoms with van der Waals surface area (Å²) in [6.07, 6.45) is 5.23. The maximum Gasteiger partial charge on any atom is 0.142 e. The minimum absolute atomic E-state index is 0.171. The van der Waals surface area contributed by atoms with E-state index in [9.17, 15) is 9.50 Å². The Morgan fingerprint density at radius 2 is 2.20 bits per heavy atom. The van der Waals surface area contributed by atoms with E-state index < -0.39 is 0 Å². The molecule has 0 saturated carbocycles. The molecule has 0 spiro atoms. The van der Waals surface area contributed by atoms with Crippen LogP contribution in [0.1, 0.15) is 44.6 Å². The van der Waals surface area contributed by atoms with Gasteiger partial charge >= 0.3 is 0 Å². The number of aliphatic hydroxyl groups is 1. The minimum Gasteiger partial charge on any atom is -0.393 e. The van der Waals surface area contributed by atoms with Crippen molar-refractivity contribution < 1.29 is 9.50 Å². The fourth-order valence-electron chi connectivity index (χ4n) is 2.98. The largest absolute Gasteiger partial charge is 0.393 e. The number of halogens is 2. The third-order valence-electron chi connectivity index (χ3n) is 3.98. The first-order valence-corrected chi connectivity index (χ1v) is 7.80. The van der Waals surface area contributed by atoms with Gasteiger partial charge in [-0.3, -0.25) is 4.90 Å². The van der Waals surface area contributed by atoms with E-state index in [4.69, 9.17) is 11.6 Å². The van der Waals surface area contributed by atoms with Crippen molar-refractivity contribution in [3.8, 4) is 0 Å². The lowest BCUT2D eigenvalue weighted by Crippen LogP contribution is -2.36. The zero-order valence-corrected chi connectivity index (χ0v) is 12.7. The van der Waals surface area contributed by atoms with Gasteiger partial charge in [-0.2, -0.15) is 0 Å². The second kappa shape index (κ2) is 7.39. The highest BCUT2D eigenvalue weighted by molar-refractivity contribution is 6.30. The molecule has 1 aromatic rings. The van der Waals surface area contributed by atoms with Crippen molar-refractivity contribution >= 4 is 11.6 Å². The predicted octanol–water partition coefficient (Wildman–Crippen LogP) is 3.99. The summed E-state index contributed by atoms with van der Waals surface area (Å²) in [5.41, 5.74) is 0.949. The van der Waals surface area contributed by atoms with Crippen molar-refractivity contribution in [2.45, 2.75) is 57.7 Å². The third kappa shape index (κ3) is 4.44. The zero-order chi connectivity index (χ0) is 14.5. The average molecular weight is 300 g/mol. The summed E-state index contributed by atoms with van der Waals surface area (Å²) in [4.78, 5) is 2.38. The molecule has 2 nitrogen and oxygen atoms in total. The van der Waals surface area contributed by atoms with E-state index >= 15 is 0 Å². The Bertz CT molecular complexity index is 438. The topological polar surface area (TPSA) is 23.5 Å². The highest BCUT2D eigenvalue weighted by atomic mass is 35.5. The third-order valence-corrected chi connectivity index (χ3v) is 4.29. The second-order valence-electron chi connectivity index (χ2n) is 5.81. The number of hydrogen-bond donors (Lipinski definition) is 1. The molecule has 20 heavy (non-hydrogen) atoms. The van der Waals surface area contributed by atoms with Gasteiger partial charge in [0.25, 0.3) is 0 Å². The van der Waals surface area contributed by atoms with Gasteiger partial charge in [0, 0.05) is 12.6 Å². The standard InChI is InChI=1S/C16H23ClFNO/c1-12(20)9-14-5-3-2-4-8-19(14)11-13-6-7-15(17)16(18)10-13/h6-7,10,12,14,20H,2-5,8-9,11H2,1H3. The van der Waals surface area contributed by atoms with Gasteiger partial charge in [-0.05, 0) is 50.4 Å². The van der Waals surface area contributed by atoms with Crippen LogP contribution in [0.4, 0.5) is 4.39 Å². The van der Waals surface area contributed by atoms with E-state index in [0.717, 1.165) is 31.5 Å². The Balaban J connectivity index is 2.07. The van der Waals surface area contributed by atoms with Gasteiger partial charge in [0.15, 0.2) is 0 Å². The van der Waals surface area contributed by atoms with Crippen LogP contribution in [0.5, 0.6) is 0 Å². The van der Waals surface area contributed by atoms with Gasteiger partial charge in [-0.25, -0.2) is 4.39 Å². The molecule has 112 valence electrons. The van der Waals surface area contributed by atoms with Crippen molar-refractivity contribution in [1.82, 2.24) is 4.90 Å². The van der Waals surface area contributed by atoms with Gasteiger partial charge in [0.1, 0.15) is 5.82 Å². The van der Waals surface area contributed by atoms with Crippen LogP contribution in [0, 0.1) is 5.82 Å². The molecule has 1 aliphatic rings. The van der Waals surface area contributed by atoms with Crippen molar-refractivity contribution in [3.05, 3.63) is 34.6 Å². The molecule has 1 fully saturated rings. The SMILES string of the molecule is CC(O)CC1CCCCCN1Cc1ccc(Cl)c(F)c1. The molecule has 2 rings (SSSR count). The highest BCUT2D eigenvalue weighted by Gasteiger charge is 2.22. The van der Waals surface area contributed by atoms with Gasteiger partial charge in [0.2, 0.25) is 0 Å². The lowest BCUT2D eigenvalue weighted by molar-refractivity contribution is 0.108. The Hall–Kier alpha value is -0.640. The number of likely N-dealkylation sites (tertiary alicyclic amines) is 1. The lowest BCUT2D eigenvalue weighted by Gasteiger charge is -2.31. The van der Waals surface area contributed by atoms with Crippen LogP contribution < -0.4 is 0 Å². The summed E-state index contributed by atoms with van der Waals surface area (Å²) in [6.45, 7) is 3.58. The smallest absolute Gasteiger partial charge is 0.142 e. The van der Waals surface area contributed by atoms with Gasteiger partial charge < -0.3 is 5.11 Å². The Morgan fingerprint density at radius 3 is 2.90 bits per heavy atom. The first-order valence-electron chi connectivity index (χ1n) is 7.42. The molecular formula is C16H23ClFNO. The summed E-state index contributed by atoms with van der Waals surface area (Å²) in [5, 5.41) is 9.83. The van der Waals surface area contributed by atoms with Crippen molar-refractivity contribution in [2.24, 2.45) is 0 Å². The fraction of sp³-hybridized carbons (Fsp3) is 0.625. The maximum absolute atomic E-state index is 13.5. The quantitative estimate of drug-likeness (QED) is 0.908. The number of rotatable bonds is 4. The average Bonchev–Trinajstić information content (AvgIpc) is 2.59. The predicted molar refractivity (Wildman–Crippen MR) is 80.4 cm³/mol. The van der Waals surface area contributed by atoms with Crippen LogP contribution in [-0.4, -0.2) is 28.7 Å². The molecular weight excluding hydrogens is 277 g/mol. The summed E-state index contributed by atoms with van der Waals surface area (Å²) in [6, 6.07) is 5.41. The number of hydrogen-bond acceptors (Lipinski definition) is 2. The first kappa shape index (κ1) is 15.7. The van der Waals surface area contributed by atoms with E-state index in [-0.39, 0.29) is 16.9 Å². The van der Waals surface area contributed by atoms with Gasteiger partial charge in [-0.15, -0.1) is 0 Å². The minimum atomic E-state index is -0.355. The summed E-state index contributed by atoms with van der Waals surface area (Å²) in [5.74, 6) is -0.355. The van der Waals surface area contributed by atoms with E-state index in [0.29, 0.717) is 6.04 Å². The molecule has 1 saturated heterocycles. The molecule has 1 aliphatic heterocycles. The number of benzene rings is 1. The molecule has 1 aromatic carbocycles. The number of aliphatic hydroxyl groups excluding tert-OH is 1. The lowest BCUT2D eigenvalue weighted by atomic mass is 10.0. The van der Waals surface area contributed by atoms with Crippen molar-refractivity contribution in [3.63, 3.8) is 0 Å². The molecule has 0 bridgehead atoms. The van der Waals surface area contributed by atoms with Crippen LogP contribution in [0.15, 0.2) is 18.2 Å². The van der Waals surface area contributed by atoms with E-state index in [1.807, 2.05) is 13.0 Å². The Labute approximate surface area is 125 Å². The van der Waals surface area contributed by atoms with Crippen LogP contribution in [0.25, 0.3) is 0 Å². The van der Waals surface area contributed by atoms with E-state index in [2.05, 4.69) is 4.90 Å².